The Labute approximate surface area is 204 Å². The number of phenolic OH excluding ortho intramolecular Hbond substituents is 1. The largest absolute Gasteiger partial charge is 0.507 e. The fourth-order valence-corrected chi connectivity index (χ4v) is 3.44. The van der Waals surface area contributed by atoms with Crippen LogP contribution in [0.1, 0.15) is 36.8 Å². The fourth-order valence-electron chi connectivity index (χ4n) is 3.44. The number of hydrogen-bond acceptors (Lipinski definition) is 9. The number of hydrazine groups is 1. The molecule has 0 saturated carbocycles. The zero-order chi connectivity index (χ0) is 25.7. The molecule has 0 spiro atoms. The number of para-hydroxylation sites is 2. The van der Waals surface area contributed by atoms with Gasteiger partial charge in [-0.2, -0.15) is 5.26 Å². The SMILES string of the molecule is N#Cc1c(O)ccc(C(=O)OC(=O)c2occc2-c2ccccc2Oc2ccccc2)c1C(=O)NN. The van der Waals surface area contributed by atoms with Gasteiger partial charge in [-0.25, -0.2) is 15.4 Å². The average Bonchev–Trinajstić information content (AvgIpc) is 3.39. The van der Waals surface area contributed by atoms with Crippen LogP contribution in [0, 0.1) is 11.3 Å². The number of carbonyl (C=O) groups is 3. The van der Waals surface area contributed by atoms with Gasteiger partial charge in [-0.05, 0) is 36.4 Å². The van der Waals surface area contributed by atoms with Gasteiger partial charge in [0.2, 0.25) is 5.76 Å². The van der Waals surface area contributed by atoms with E-state index in [1.54, 1.807) is 47.9 Å². The Hall–Kier alpha value is -5.40. The number of esters is 2. The highest BCUT2D eigenvalue weighted by atomic mass is 16.6. The molecule has 0 aliphatic carbocycles. The minimum absolute atomic E-state index is 0.294. The van der Waals surface area contributed by atoms with E-state index in [1.807, 2.05) is 18.2 Å². The molecule has 36 heavy (non-hydrogen) atoms. The van der Waals surface area contributed by atoms with Crippen molar-refractivity contribution >= 4 is 17.8 Å². The van der Waals surface area contributed by atoms with Crippen LogP contribution >= 0.6 is 0 Å². The van der Waals surface area contributed by atoms with Gasteiger partial charge >= 0.3 is 11.9 Å². The number of furan rings is 1. The molecule has 0 unspecified atom stereocenters. The first-order chi connectivity index (χ1) is 17.4. The fraction of sp³-hybridized carbons (Fsp3) is 0. The number of benzene rings is 3. The predicted molar refractivity (Wildman–Crippen MR) is 125 cm³/mol. The highest BCUT2D eigenvalue weighted by molar-refractivity contribution is 6.11. The Bertz CT molecular complexity index is 1500. The molecular weight excluding hydrogens is 466 g/mol. The third kappa shape index (κ3) is 4.63. The number of nitriles is 1. The summed E-state index contributed by atoms with van der Waals surface area (Å²) in [6.07, 6.45) is 1.25. The first kappa shape index (κ1) is 23.7. The van der Waals surface area contributed by atoms with Gasteiger partial charge in [0.25, 0.3) is 5.91 Å². The number of amides is 1. The Balaban J connectivity index is 1.65. The van der Waals surface area contributed by atoms with E-state index in [0.717, 1.165) is 12.1 Å². The van der Waals surface area contributed by atoms with Crippen LogP contribution < -0.4 is 16.0 Å². The smallest absolute Gasteiger partial charge is 0.382 e. The first-order valence-corrected chi connectivity index (χ1v) is 10.4. The van der Waals surface area contributed by atoms with Crippen molar-refractivity contribution in [3.8, 4) is 34.4 Å². The van der Waals surface area contributed by atoms with Crippen LogP contribution in [0.4, 0.5) is 0 Å². The molecule has 0 aliphatic heterocycles. The van der Waals surface area contributed by atoms with Crippen molar-refractivity contribution in [3.05, 3.63) is 102 Å². The van der Waals surface area contributed by atoms with Crippen LogP contribution in [0.15, 0.2) is 83.5 Å². The molecule has 1 heterocycles. The van der Waals surface area contributed by atoms with Crippen molar-refractivity contribution in [3.63, 3.8) is 0 Å². The Morgan fingerprint density at radius 1 is 0.917 bits per heavy atom. The van der Waals surface area contributed by atoms with Gasteiger partial charge in [-0.15, -0.1) is 0 Å². The number of nitrogens with one attached hydrogen (secondary N) is 1. The summed E-state index contributed by atoms with van der Waals surface area (Å²) in [7, 11) is 0. The van der Waals surface area contributed by atoms with Crippen LogP contribution in [0.2, 0.25) is 0 Å². The maximum absolute atomic E-state index is 12.9. The van der Waals surface area contributed by atoms with Crippen LogP contribution in [-0.4, -0.2) is 23.0 Å². The molecule has 10 nitrogen and oxygen atoms in total. The molecule has 10 heteroatoms. The summed E-state index contributed by atoms with van der Waals surface area (Å²) in [4.78, 5) is 37.9. The van der Waals surface area contributed by atoms with Gasteiger partial charge in [-0.3, -0.25) is 10.2 Å². The highest BCUT2D eigenvalue weighted by Crippen LogP contribution is 2.36. The first-order valence-electron chi connectivity index (χ1n) is 10.4. The molecule has 178 valence electrons. The molecule has 0 bridgehead atoms. The lowest BCUT2D eigenvalue weighted by atomic mass is 10.00. The second kappa shape index (κ2) is 10.3. The lowest BCUT2D eigenvalue weighted by Gasteiger charge is -2.12. The van der Waals surface area contributed by atoms with Crippen molar-refractivity contribution in [2.75, 3.05) is 0 Å². The zero-order valence-electron chi connectivity index (χ0n) is 18.4. The molecule has 4 rings (SSSR count). The molecule has 0 saturated heterocycles. The summed E-state index contributed by atoms with van der Waals surface area (Å²) in [5.41, 5.74) is 1.07. The summed E-state index contributed by atoms with van der Waals surface area (Å²) < 4.78 is 16.2. The minimum Gasteiger partial charge on any atom is -0.507 e. The molecule has 1 aromatic heterocycles. The van der Waals surface area contributed by atoms with E-state index in [9.17, 15) is 24.8 Å². The van der Waals surface area contributed by atoms with Crippen LogP contribution in [0.5, 0.6) is 17.2 Å². The summed E-state index contributed by atoms with van der Waals surface area (Å²) in [6, 6.07) is 21.1. The standard InChI is InChI=1S/C26H17N3O7/c27-14-19-20(30)11-10-18(22(19)24(31)29-28)25(32)36-26(33)23-17(12-13-34-23)16-8-4-5-9-21(16)35-15-6-2-1-3-7-15/h1-13,30H,28H2,(H,29,31). The maximum atomic E-state index is 12.9. The summed E-state index contributed by atoms with van der Waals surface area (Å²) in [6.45, 7) is 0. The van der Waals surface area contributed by atoms with Gasteiger partial charge in [-0.1, -0.05) is 36.4 Å². The van der Waals surface area contributed by atoms with Crippen molar-refractivity contribution < 1.29 is 33.4 Å². The Morgan fingerprint density at radius 3 is 2.36 bits per heavy atom. The van der Waals surface area contributed by atoms with E-state index in [4.69, 9.17) is 19.7 Å². The van der Waals surface area contributed by atoms with Gasteiger partial charge in [0.05, 0.1) is 17.4 Å². The normalized spacial score (nSPS) is 10.2. The number of nitrogens with two attached hydrogens (primary N) is 1. The van der Waals surface area contributed by atoms with Crippen molar-refractivity contribution in [2.24, 2.45) is 5.84 Å². The average molecular weight is 483 g/mol. The quantitative estimate of drug-likeness (QED) is 0.121. The van der Waals surface area contributed by atoms with Crippen molar-refractivity contribution in [2.45, 2.75) is 0 Å². The minimum atomic E-state index is -1.26. The van der Waals surface area contributed by atoms with Gasteiger partial charge < -0.3 is 19.0 Å². The maximum Gasteiger partial charge on any atom is 0.382 e. The topological polar surface area (TPSA) is 165 Å². The monoisotopic (exact) mass is 483 g/mol. The van der Waals surface area contributed by atoms with E-state index >= 15 is 0 Å². The van der Waals surface area contributed by atoms with Gasteiger partial charge in [0, 0.05) is 11.1 Å². The number of hydrogen-bond donors (Lipinski definition) is 3. The molecule has 4 aromatic rings. The van der Waals surface area contributed by atoms with Gasteiger partial charge in [0.1, 0.15) is 28.9 Å². The Kier molecular flexibility index (Phi) is 6.76. The number of rotatable bonds is 6. The second-order valence-electron chi connectivity index (χ2n) is 7.22. The zero-order valence-corrected chi connectivity index (χ0v) is 18.4. The number of nitrogen functional groups attached to an aromatic ring is 1. The van der Waals surface area contributed by atoms with Gasteiger partial charge in [0.15, 0.2) is 0 Å². The van der Waals surface area contributed by atoms with E-state index in [0.29, 0.717) is 22.6 Å². The van der Waals surface area contributed by atoms with Crippen molar-refractivity contribution in [1.29, 1.82) is 5.26 Å². The lowest BCUT2D eigenvalue weighted by molar-refractivity contribution is 0.0374. The highest BCUT2D eigenvalue weighted by Gasteiger charge is 2.28. The third-order valence-corrected chi connectivity index (χ3v) is 5.06. The number of ether oxygens (including phenoxy) is 2. The van der Waals surface area contributed by atoms with Crippen LogP contribution in [-0.2, 0) is 4.74 Å². The third-order valence-electron chi connectivity index (χ3n) is 5.06. The number of phenols is 1. The van der Waals surface area contributed by atoms with E-state index in [1.165, 1.54) is 12.3 Å². The molecule has 1 amide bonds. The number of aromatic hydroxyl groups is 1. The molecular formula is C26H17N3O7. The second-order valence-corrected chi connectivity index (χ2v) is 7.22. The van der Waals surface area contributed by atoms with E-state index in [-0.39, 0.29) is 5.76 Å². The predicted octanol–water partition coefficient (Wildman–Crippen LogP) is 3.92. The molecule has 4 N–H and O–H groups in total. The molecule has 0 aliphatic rings. The summed E-state index contributed by atoms with van der Waals surface area (Å²) in [5, 5.41) is 19.2. The molecule has 0 fully saturated rings. The molecule has 0 atom stereocenters. The Morgan fingerprint density at radius 2 is 1.64 bits per heavy atom. The van der Waals surface area contributed by atoms with Crippen LogP contribution in [0.3, 0.4) is 0 Å². The van der Waals surface area contributed by atoms with Crippen molar-refractivity contribution in [1.82, 2.24) is 5.43 Å². The summed E-state index contributed by atoms with van der Waals surface area (Å²) in [5.74, 6) is 1.84. The lowest BCUT2D eigenvalue weighted by Crippen LogP contribution is -2.32. The summed E-state index contributed by atoms with van der Waals surface area (Å²) >= 11 is 0. The molecule has 0 radical (unpaired) electrons. The van der Waals surface area contributed by atoms with E-state index < -0.39 is 40.3 Å². The van der Waals surface area contributed by atoms with E-state index in [2.05, 4.69) is 0 Å². The number of carbonyl (C=O) groups excluding carboxylic acids is 3. The molecule has 3 aromatic carbocycles. The number of nitrogens with zero attached hydrogens (tertiary/aromatic N) is 1. The van der Waals surface area contributed by atoms with Crippen LogP contribution in [0.25, 0.3) is 11.1 Å².